The monoisotopic (exact) mass is 697 g/mol. The molecule has 4 aromatic rings. The first-order valence-electron chi connectivity index (χ1n) is 16.3. The number of carbonyl (C=O) groups is 3. The van der Waals surface area contributed by atoms with E-state index in [9.17, 15) is 27.6 Å². The van der Waals surface area contributed by atoms with Crippen LogP contribution in [0.15, 0.2) is 97.4 Å². The Morgan fingerprint density at radius 2 is 1.55 bits per heavy atom. The van der Waals surface area contributed by atoms with Crippen LogP contribution in [0.2, 0.25) is 0 Å². The van der Waals surface area contributed by atoms with E-state index in [0.29, 0.717) is 51.6 Å². The minimum atomic E-state index is -4.46. The second-order valence-corrected chi connectivity index (χ2v) is 12.6. The van der Waals surface area contributed by atoms with Crippen LogP contribution >= 0.6 is 0 Å². The van der Waals surface area contributed by atoms with Crippen LogP contribution < -0.4 is 26.6 Å². The topological polar surface area (TPSA) is 137 Å². The lowest BCUT2D eigenvalue weighted by atomic mass is 10.0. The molecule has 0 aliphatic heterocycles. The molecule has 1 fully saturated rings. The zero-order chi connectivity index (χ0) is 36.7. The van der Waals surface area contributed by atoms with Crippen molar-refractivity contribution < 1.29 is 27.6 Å². The first kappa shape index (κ1) is 36.3. The Morgan fingerprint density at radius 3 is 2.22 bits per heavy atom. The average Bonchev–Trinajstić information content (AvgIpc) is 3.93. The van der Waals surface area contributed by atoms with E-state index in [1.807, 2.05) is 13.8 Å². The molecule has 3 aromatic carbocycles. The summed E-state index contributed by atoms with van der Waals surface area (Å²) in [4.78, 5) is 46.7. The third-order valence-corrected chi connectivity index (χ3v) is 7.91. The molecule has 1 aliphatic carbocycles. The number of halogens is 3. The lowest BCUT2D eigenvalue weighted by Crippen LogP contribution is -2.44. The summed E-state index contributed by atoms with van der Waals surface area (Å²) in [5.41, 5.74) is 4.36. The van der Waals surface area contributed by atoms with E-state index in [-0.39, 0.29) is 17.8 Å². The van der Waals surface area contributed by atoms with E-state index >= 15 is 0 Å². The lowest BCUT2D eigenvalue weighted by Gasteiger charge is -2.19. The highest BCUT2D eigenvalue weighted by Gasteiger charge is 2.31. The van der Waals surface area contributed by atoms with Crippen molar-refractivity contribution in [3.8, 4) is 0 Å². The Morgan fingerprint density at radius 1 is 0.863 bits per heavy atom. The SMILES string of the molecule is C=CC(=O)NC(CC(C)C)C(=O)Nc1cccc(Nc2ncc(NC(=O)c3cc(NC(=C4CC4)c4cccc(C(F)(F)F)c4)ccc3C)cn2)c1. The van der Waals surface area contributed by atoms with Gasteiger partial charge in [-0.15, -0.1) is 0 Å². The normalized spacial score (nSPS) is 12.8. The molecule has 5 rings (SSSR count). The third kappa shape index (κ3) is 10.0. The molecule has 1 unspecified atom stereocenters. The van der Waals surface area contributed by atoms with E-state index in [2.05, 4.69) is 43.1 Å². The fourth-order valence-electron chi connectivity index (χ4n) is 5.24. The van der Waals surface area contributed by atoms with Crippen LogP contribution in [0.1, 0.15) is 60.2 Å². The molecule has 10 nitrogen and oxygen atoms in total. The van der Waals surface area contributed by atoms with Crippen LogP contribution in [0.4, 0.5) is 41.9 Å². The van der Waals surface area contributed by atoms with Crippen molar-refractivity contribution in [1.29, 1.82) is 0 Å². The fraction of sp³-hybridized carbons (Fsp3) is 0.237. The second kappa shape index (κ2) is 15.7. The summed E-state index contributed by atoms with van der Waals surface area (Å²) in [6, 6.07) is 16.6. The highest BCUT2D eigenvalue weighted by molar-refractivity contribution is 6.06. The molecular formula is C38H38F3N7O3. The number of aromatic nitrogens is 2. The number of allylic oxidation sites excluding steroid dienone is 1. The van der Waals surface area contributed by atoms with Crippen molar-refractivity contribution in [3.63, 3.8) is 0 Å². The van der Waals surface area contributed by atoms with Crippen molar-refractivity contribution in [2.75, 3.05) is 21.3 Å². The molecule has 3 amide bonds. The van der Waals surface area contributed by atoms with Gasteiger partial charge in [-0.25, -0.2) is 9.97 Å². The Labute approximate surface area is 293 Å². The van der Waals surface area contributed by atoms with Crippen LogP contribution in [0.3, 0.4) is 0 Å². The molecule has 0 saturated heterocycles. The highest BCUT2D eigenvalue weighted by atomic mass is 19.4. The molecule has 51 heavy (non-hydrogen) atoms. The maximum Gasteiger partial charge on any atom is 0.416 e. The largest absolute Gasteiger partial charge is 0.416 e. The summed E-state index contributed by atoms with van der Waals surface area (Å²) in [6.45, 7) is 9.14. The molecular weight excluding hydrogens is 659 g/mol. The van der Waals surface area contributed by atoms with Crippen LogP contribution in [-0.2, 0) is 15.8 Å². The molecule has 1 saturated carbocycles. The van der Waals surface area contributed by atoms with E-state index in [1.54, 1.807) is 55.5 Å². The summed E-state index contributed by atoms with van der Waals surface area (Å²) in [5.74, 6) is -0.802. The Hall–Kier alpha value is -5.98. The number of nitrogens with zero attached hydrogens (tertiary/aromatic N) is 2. The number of aryl methyl sites for hydroxylation is 1. The van der Waals surface area contributed by atoms with Crippen LogP contribution in [-0.4, -0.2) is 33.7 Å². The highest BCUT2D eigenvalue weighted by Crippen LogP contribution is 2.39. The number of anilines is 5. The van der Waals surface area contributed by atoms with Gasteiger partial charge in [-0.3, -0.25) is 14.4 Å². The van der Waals surface area contributed by atoms with Gasteiger partial charge in [0.05, 0.1) is 23.6 Å². The van der Waals surface area contributed by atoms with Crippen molar-refractivity contribution in [1.82, 2.24) is 15.3 Å². The number of benzene rings is 3. The molecule has 264 valence electrons. The van der Waals surface area contributed by atoms with Gasteiger partial charge in [0.15, 0.2) is 0 Å². The van der Waals surface area contributed by atoms with Gasteiger partial charge in [0, 0.05) is 28.3 Å². The molecule has 1 heterocycles. The maximum absolute atomic E-state index is 13.4. The van der Waals surface area contributed by atoms with Crippen molar-refractivity contribution >= 4 is 52.1 Å². The van der Waals surface area contributed by atoms with Crippen LogP contribution in [0.5, 0.6) is 0 Å². The molecule has 1 atom stereocenters. The summed E-state index contributed by atoms with van der Waals surface area (Å²) in [7, 11) is 0. The second-order valence-electron chi connectivity index (χ2n) is 12.6. The smallest absolute Gasteiger partial charge is 0.355 e. The molecule has 0 bridgehead atoms. The van der Waals surface area contributed by atoms with Crippen LogP contribution in [0.25, 0.3) is 5.70 Å². The number of rotatable bonds is 13. The van der Waals surface area contributed by atoms with Gasteiger partial charge in [0.2, 0.25) is 17.8 Å². The van der Waals surface area contributed by atoms with Crippen molar-refractivity contribution in [3.05, 3.63) is 120 Å². The van der Waals surface area contributed by atoms with Crippen molar-refractivity contribution in [2.45, 2.75) is 52.3 Å². The first-order valence-corrected chi connectivity index (χ1v) is 16.3. The third-order valence-electron chi connectivity index (χ3n) is 7.91. The van der Waals surface area contributed by atoms with Gasteiger partial charge in [-0.2, -0.15) is 13.2 Å². The summed E-state index contributed by atoms with van der Waals surface area (Å²) in [5, 5.41) is 14.6. The molecule has 1 aliphatic rings. The first-order chi connectivity index (χ1) is 24.3. The van der Waals surface area contributed by atoms with Gasteiger partial charge < -0.3 is 26.6 Å². The number of hydrogen-bond donors (Lipinski definition) is 5. The van der Waals surface area contributed by atoms with Gasteiger partial charge in [0.25, 0.3) is 5.91 Å². The minimum Gasteiger partial charge on any atom is -0.355 e. The summed E-state index contributed by atoms with van der Waals surface area (Å²) < 4.78 is 40.2. The molecule has 0 radical (unpaired) electrons. The maximum atomic E-state index is 13.4. The van der Waals surface area contributed by atoms with E-state index < -0.39 is 29.6 Å². The fourth-order valence-corrected chi connectivity index (χ4v) is 5.24. The standard InChI is InChI=1S/C38H38F3N7O3/c1-5-33(49)48-32(16-22(2)3)36(51)45-27-10-7-11-28(18-27)47-37-42-20-30(21-43-37)46-35(50)31-19-29(15-12-23(31)4)44-34(24-13-14-24)25-8-6-9-26(17-25)38(39,40)41/h5-12,15,17-22,32,44H,1,13-14,16H2,2-4H3,(H,45,51)(H,46,50)(H,48,49)(H,42,43,47). The van der Waals surface area contributed by atoms with Gasteiger partial charge in [-0.1, -0.05) is 44.7 Å². The molecule has 5 N–H and O–H groups in total. The van der Waals surface area contributed by atoms with Crippen LogP contribution in [0, 0.1) is 12.8 Å². The lowest BCUT2D eigenvalue weighted by molar-refractivity contribution is -0.137. The molecule has 1 aromatic heterocycles. The summed E-state index contributed by atoms with van der Waals surface area (Å²) >= 11 is 0. The number of hydrogen-bond acceptors (Lipinski definition) is 7. The van der Waals surface area contributed by atoms with Crippen molar-refractivity contribution in [2.24, 2.45) is 5.92 Å². The van der Waals surface area contributed by atoms with E-state index in [0.717, 1.165) is 36.6 Å². The Balaban J connectivity index is 1.23. The van der Waals surface area contributed by atoms with Gasteiger partial charge >= 0.3 is 6.18 Å². The number of alkyl halides is 3. The zero-order valence-corrected chi connectivity index (χ0v) is 28.3. The summed E-state index contributed by atoms with van der Waals surface area (Å²) in [6.07, 6.45) is 1.55. The predicted molar refractivity (Wildman–Crippen MR) is 192 cm³/mol. The number of amides is 3. The predicted octanol–water partition coefficient (Wildman–Crippen LogP) is 8.07. The quantitative estimate of drug-likeness (QED) is 0.0892. The number of carbonyl (C=O) groups excluding carboxylic acids is 3. The Kier molecular flexibility index (Phi) is 11.2. The molecule has 0 spiro atoms. The molecule has 13 heteroatoms. The van der Waals surface area contributed by atoms with E-state index in [4.69, 9.17) is 0 Å². The van der Waals surface area contributed by atoms with E-state index in [1.165, 1.54) is 18.5 Å². The number of nitrogens with one attached hydrogen (secondary N) is 5. The van der Waals surface area contributed by atoms with Gasteiger partial charge in [-0.05, 0) is 97.3 Å². The minimum absolute atomic E-state index is 0.166. The average molecular weight is 698 g/mol. The Bertz CT molecular complexity index is 1970. The van der Waals surface area contributed by atoms with Gasteiger partial charge in [0.1, 0.15) is 6.04 Å². The zero-order valence-electron chi connectivity index (χ0n) is 28.3.